The van der Waals surface area contributed by atoms with Gasteiger partial charge in [-0.05, 0) is 48.0 Å². The third kappa shape index (κ3) is 3.33. The van der Waals surface area contributed by atoms with Crippen molar-refractivity contribution < 1.29 is 14.5 Å². The molecule has 3 heterocycles. The van der Waals surface area contributed by atoms with E-state index in [1.807, 2.05) is 24.3 Å². The van der Waals surface area contributed by atoms with E-state index in [1.165, 1.54) is 19.1 Å². The van der Waals surface area contributed by atoms with Gasteiger partial charge >= 0.3 is 5.97 Å². The quantitative estimate of drug-likeness (QED) is 0.182. The monoisotopic (exact) mass is 424 g/mol. The lowest BCUT2D eigenvalue weighted by atomic mass is 9.95. The highest BCUT2D eigenvalue weighted by molar-refractivity contribution is 6.16. The van der Waals surface area contributed by atoms with Crippen molar-refractivity contribution in [1.29, 1.82) is 0 Å². The van der Waals surface area contributed by atoms with Crippen LogP contribution in [0.4, 0.5) is 5.69 Å². The van der Waals surface area contributed by atoms with E-state index in [0.717, 1.165) is 38.7 Å². The highest BCUT2D eigenvalue weighted by Gasteiger charge is 2.19. The van der Waals surface area contributed by atoms with Crippen LogP contribution in [0, 0.1) is 10.1 Å². The summed E-state index contributed by atoms with van der Waals surface area (Å²) in [5.41, 5.74) is 4.62. The molecule has 0 aliphatic carbocycles. The smallest absolute Gasteiger partial charge is 0.308 e. The molecule has 0 saturated carbocycles. The Kier molecular flexibility index (Phi) is 4.59. The first-order chi connectivity index (χ1) is 15.5. The summed E-state index contributed by atoms with van der Waals surface area (Å²) >= 11 is 0. The van der Waals surface area contributed by atoms with Crippen molar-refractivity contribution in [2.75, 3.05) is 0 Å². The molecule has 0 spiro atoms. The number of hydrogen-bond acceptors (Lipinski definition) is 6. The average Bonchev–Trinajstić information content (AvgIpc) is 3.16. The molecule has 2 aromatic carbocycles. The Bertz CT molecular complexity index is 1490. The van der Waals surface area contributed by atoms with Crippen LogP contribution in [0.5, 0.6) is 5.75 Å². The molecule has 0 aliphatic heterocycles. The van der Waals surface area contributed by atoms with Crippen LogP contribution in [-0.4, -0.2) is 25.8 Å². The van der Waals surface area contributed by atoms with Gasteiger partial charge in [0.2, 0.25) is 0 Å². The van der Waals surface area contributed by atoms with E-state index in [4.69, 9.17) is 4.74 Å². The number of nitrogens with one attached hydrogen (secondary N) is 1. The zero-order chi connectivity index (χ0) is 22.2. The number of H-pyrrole nitrogens is 1. The minimum absolute atomic E-state index is 0.0142. The van der Waals surface area contributed by atoms with Crippen LogP contribution in [0.15, 0.2) is 73.1 Å². The normalized spacial score (nSPS) is 11.0. The van der Waals surface area contributed by atoms with Crippen LogP contribution in [0.3, 0.4) is 0 Å². The van der Waals surface area contributed by atoms with Gasteiger partial charge in [-0.15, -0.1) is 0 Å². The molecular formula is C24H16N4O4. The van der Waals surface area contributed by atoms with E-state index in [1.54, 1.807) is 36.7 Å². The first kappa shape index (κ1) is 19.4. The van der Waals surface area contributed by atoms with Gasteiger partial charge in [-0.2, -0.15) is 0 Å². The minimum atomic E-state index is -0.429. The first-order valence-corrected chi connectivity index (χ1v) is 9.80. The number of esters is 1. The highest BCUT2D eigenvalue weighted by atomic mass is 16.6. The SMILES string of the molecule is CC(=O)Oc1ccc2[nH]c3ncc(-c4ccc([N+](=O)[O-])cc4)c(-c4ccccn4)c3c2c1. The Hall–Kier alpha value is -4.59. The minimum Gasteiger partial charge on any atom is -0.427 e. The lowest BCUT2D eigenvalue weighted by Crippen LogP contribution is -2.00. The maximum Gasteiger partial charge on any atom is 0.308 e. The summed E-state index contributed by atoms with van der Waals surface area (Å²) in [4.78, 5) is 34.6. The molecular weight excluding hydrogens is 408 g/mol. The van der Waals surface area contributed by atoms with Crippen molar-refractivity contribution in [2.24, 2.45) is 0 Å². The molecule has 8 heteroatoms. The molecule has 1 N–H and O–H groups in total. The summed E-state index contributed by atoms with van der Waals surface area (Å²) < 4.78 is 5.28. The maximum absolute atomic E-state index is 11.5. The van der Waals surface area contributed by atoms with Crippen LogP contribution in [0.1, 0.15) is 6.92 Å². The number of nitro groups is 1. The van der Waals surface area contributed by atoms with Crippen LogP contribution in [0.25, 0.3) is 44.3 Å². The Morgan fingerprint density at radius 1 is 1.06 bits per heavy atom. The molecule has 0 amide bonds. The average molecular weight is 424 g/mol. The summed E-state index contributed by atoms with van der Waals surface area (Å²) in [6.07, 6.45) is 3.44. The van der Waals surface area contributed by atoms with Crippen LogP contribution in [-0.2, 0) is 4.79 Å². The van der Waals surface area contributed by atoms with Crippen LogP contribution >= 0.6 is 0 Å². The number of benzene rings is 2. The molecule has 0 bridgehead atoms. The van der Waals surface area contributed by atoms with Crippen molar-refractivity contribution in [3.8, 4) is 28.1 Å². The van der Waals surface area contributed by atoms with Crippen molar-refractivity contribution in [2.45, 2.75) is 6.92 Å². The summed E-state index contributed by atoms with van der Waals surface area (Å²) in [7, 11) is 0. The van der Waals surface area contributed by atoms with E-state index in [0.29, 0.717) is 11.4 Å². The number of aromatic nitrogens is 3. The van der Waals surface area contributed by atoms with Gasteiger partial charge in [-0.1, -0.05) is 6.07 Å². The maximum atomic E-state index is 11.5. The van der Waals surface area contributed by atoms with Gasteiger partial charge in [0.05, 0.1) is 10.6 Å². The Balaban J connectivity index is 1.83. The Labute approximate surface area is 181 Å². The fourth-order valence-corrected chi connectivity index (χ4v) is 3.82. The predicted octanol–water partition coefficient (Wildman–Crippen LogP) is 5.28. The molecule has 3 aromatic heterocycles. The van der Waals surface area contributed by atoms with Gasteiger partial charge in [0, 0.05) is 58.9 Å². The number of pyridine rings is 2. The third-order valence-corrected chi connectivity index (χ3v) is 5.16. The van der Waals surface area contributed by atoms with E-state index < -0.39 is 10.9 Å². The second kappa shape index (κ2) is 7.59. The van der Waals surface area contributed by atoms with E-state index >= 15 is 0 Å². The summed E-state index contributed by atoms with van der Waals surface area (Å²) in [5.74, 6) is 0.0254. The number of carbonyl (C=O) groups is 1. The van der Waals surface area contributed by atoms with Crippen molar-refractivity contribution in [3.05, 3.63) is 83.2 Å². The third-order valence-electron chi connectivity index (χ3n) is 5.16. The number of nitro benzene ring substituents is 1. The molecule has 0 unspecified atom stereocenters. The molecule has 0 aliphatic rings. The molecule has 5 rings (SSSR count). The highest BCUT2D eigenvalue weighted by Crippen LogP contribution is 2.40. The van der Waals surface area contributed by atoms with Gasteiger partial charge < -0.3 is 9.72 Å². The van der Waals surface area contributed by atoms with Crippen molar-refractivity contribution in [3.63, 3.8) is 0 Å². The number of hydrogen-bond donors (Lipinski definition) is 1. The van der Waals surface area contributed by atoms with Crippen molar-refractivity contribution in [1.82, 2.24) is 15.0 Å². The second-order valence-corrected chi connectivity index (χ2v) is 7.22. The first-order valence-electron chi connectivity index (χ1n) is 9.80. The Morgan fingerprint density at radius 3 is 2.56 bits per heavy atom. The van der Waals surface area contributed by atoms with Gasteiger partial charge in [0.15, 0.2) is 0 Å². The molecule has 5 aromatic rings. The van der Waals surface area contributed by atoms with Gasteiger partial charge in [-0.3, -0.25) is 19.9 Å². The van der Waals surface area contributed by atoms with E-state index in [2.05, 4.69) is 15.0 Å². The molecule has 156 valence electrons. The number of non-ortho nitro benzene ring substituents is 1. The Morgan fingerprint density at radius 2 is 1.88 bits per heavy atom. The number of carbonyl (C=O) groups excluding carboxylic acids is 1. The topological polar surface area (TPSA) is 111 Å². The number of rotatable bonds is 4. The van der Waals surface area contributed by atoms with Gasteiger partial charge in [0.25, 0.3) is 5.69 Å². The lowest BCUT2D eigenvalue weighted by molar-refractivity contribution is -0.384. The largest absolute Gasteiger partial charge is 0.427 e. The molecule has 32 heavy (non-hydrogen) atoms. The zero-order valence-electron chi connectivity index (χ0n) is 16.9. The van der Waals surface area contributed by atoms with Crippen molar-refractivity contribution >= 4 is 33.6 Å². The fourth-order valence-electron chi connectivity index (χ4n) is 3.82. The summed E-state index contributed by atoms with van der Waals surface area (Å²) in [6, 6.07) is 17.3. The van der Waals surface area contributed by atoms with Crippen LogP contribution in [0.2, 0.25) is 0 Å². The van der Waals surface area contributed by atoms with Crippen LogP contribution < -0.4 is 4.74 Å². The number of ether oxygens (including phenoxy) is 1. The predicted molar refractivity (Wildman–Crippen MR) is 120 cm³/mol. The molecule has 8 nitrogen and oxygen atoms in total. The van der Waals surface area contributed by atoms with E-state index in [9.17, 15) is 14.9 Å². The second-order valence-electron chi connectivity index (χ2n) is 7.22. The molecule has 0 saturated heterocycles. The fraction of sp³-hybridized carbons (Fsp3) is 0.0417. The van der Waals surface area contributed by atoms with Gasteiger partial charge in [-0.25, -0.2) is 4.98 Å². The summed E-state index contributed by atoms with van der Waals surface area (Å²) in [6.45, 7) is 1.35. The van der Waals surface area contributed by atoms with E-state index in [-0.39, 0.29) is 5.69 Å². The lowest BCUT2D eigenvalue weighted by Gasteiger charge is -2.11. The molecule has 0 fully saturated rings. The number of fused-ring (bicyclic) bond motifs is 3. The zero-order valence-corrected chi connectivity index (χ0v) is 16.9. The number of nitrogens with zero attached hydrogens (tertiary/aromatic N) is 3. The molecule has 0 radical (unpaired) electrons. The van der Waals surface area contributed by atoms with Gasteiger partial charge in [0.1, 0.15) is 11.4 Å². The standard InChI is InChI=1S/C24H16N4O4/c1-14(29)32-17-9-10-20-18(12-17)23-22(21-4-2-3-11-25-21)19(13-26-24(23)27-20)15-5-7-16(8-6-15)28(30)31/h2-13H,1H3,(H,26,27). The number of aromatic amines is 1. The molecule has 0 atom stereocenters. The summed E-state index contributed by atoms with van der Waals surface area (Å²) in [5, 5.41) is 12.7.